The zero-order chi connectivity index (χ0) is 21.3. The van der Waals surface area contributed by atoms with E-state index in [4.69, 9.17) is 0 Å². The van der Waals surface area contributed by atoms with Gasteiger partial charge in [0.05, 0.1) is 0 Å². The van der Waals surface area contributed by atoms with Crippen molar-refractivity contribution in [2.45, 2.75) is 127 Å². The molecule has 0 aromatic heterocycles. The molecule has 170 valence electrons. The molecule has 0 aliphatic heterocycles. The summed E-state index contributed by atoms with van der Waals surface area (Å²) < 4.78 is 62.7. The molecule has 0 aromatic rings. The Morgan fingerprint density at radius 1 is 0.500 bits per heavy atom. The van der Waals surface area contributed by atoms with Crippen molar-refractivity contribution in [2.24, 2.45) is 0 Å². The number of unbranched alkanes of at least 4 members (excludes halogenated alkanes) is 16. The molecule has 0 saturated carbocycles. The Bertz CT molecular complexity index is 536. The Balaban J connectivity index is -0.00000364. The van der Waals surface area contributed by atoms with E-state index in [0.717, 1.165) is 19.3 Å². The van der Waals surface area contributed by atoms with E-state index in [1.807, 2.05) is 0 Å². The van der Waals surface area contributed by atoms with E-state index in [2.05, 4.69) is 6.92 Å². The third-order valence-electron chi connectivity index (χ3n) is 5.19. The average Bonchev–Trinajstić information content (AvgIpc) is 2.58. The summed E-state index contributed by atoms with van der Waals surface area (Å²) in [4.78, 5) is 0. The van der Waals surface area contributed by atoms with Gasteiger partial charge in [-0.3, -0.25) is 0 Å². The van der Waals surface area contributed by atoms with Crippen molar-refractivity contribution < 1.29 is 129 Å². The van der Waals surface area contributed by atoms with Gasteiger partial charge in [0.2, 0.25) is 0 Å². The fourth-order valence-electron chi connectivity index (χ4n) is 3.47. The summed E-state index contributed by atoms with van der Waals surface area (Å²) in [5.74, 6) is 0. The molecule has 6 nitrogen and oxygen atoms in total. The first-order valence-electron chi connectivity index (χ1n) is 11.1. The maximum absolute atomic E-state index is 10.8. The van der Waals surface area contributed by atoms with E-state index in [9.17, 15) is 25.9 Å². The summed E-state index contributed by atoms with van der Waals surface area (Å²) in [6.45, 7) is 2.24. The largest absolute Gasteiger partial charge is 1.00 e. The maximum atomic E-state index is 10.8. The van der Waals surface area contributed by atoms with Gasteiger partial charge in [0.25, 0.3) is 0 Å². The predicted molar refractivity (Wildman–Crippen MR) is 112 cm³/mol. The zero-order valence-corrected chi connectivity index (χ0v) is 27.5. The molecule has 10 heteroatoms. The fourth-order valence-corrected chi connectivity index (χ4v) is 5.53. The SMILES string of the molecule is CCCCCCCCCCCCCCCCCCCC(S(=O)(=O)[O-])S(=O)(=O)[O-].[K+].[K+]. The molecule has 0 spiro atoms. The summed E-state index contributed by atoms with van der Waals surface area (Å²) in [6.07, 6.45) is 19.4. The Kier molecular flexibility index (Phi) is 29.9. The minimum Gasteiger partial charge on any atom is -0.747 e. The van der Waals surface area contributed by atoms with Crippen LogP contribution in [0.25, 0.3) is 0 Å². The molecule has 0 aliphatic rings. The van der Waals surface area contributed by atoms with Crippen molar-refractivity contribution in [1.29, 1.82) is 0 Å². The van der Waals surface area contributed by atoms with Crippen LogP contribution in [-0.2, 0) is 20.2 Å². The molecule has 0 saturated heterocycles. The van der Waals surface area contributed by atoms with Crippen LogP contribution >= 0.6 is 0 Å². The number of hydrogen-bond acceptors (Lipinski definition) is 6. The van der Waals surface area contributed by atoms with Gasteiger partial charge >= 0.3 is 103 Å². The first-order chi connectivity index (χ1) is 13.2. The van der Waals surface area contributed by atoms with Crippen LogP contribution in [0.3, 0.4) is 0 Å². The topological polar surface area (TPSA) is 114 Å². The number of rotatable bonds is 20. The second-order valence-corrected chi connectivity index (χ2v) is 11.3. The van der Waals surface area contributed by atoms with Crippen LogP contribution in [-0.4, -0.2) is 30.5 Å². The summed E-state index contributed by atoms with van der Waals surface area (Å²) in [7, 11) is -10.2. The summed E-state index contributed by atoms with van der Waals surface area (Å²) >= 11 is 0. The number of hydrogen-bond donors (Lipinski definition) is 0. The van der Waals surface area contributed by atoms with E-state index in [0.29, 0.717) is 6.42 Å². The molecule has 0 heterocycles. The van der Waals surface area contributed by atoms with E-state index < -0.39 is 31.2 Å². The molecule has 0 fully saturated rings. The van der Waals surface area contributed by atoms with Crippen LogP contribution in [0.1, 0.15) is 122 Å². The molecule has 0 bridgehead atoms. The molecule has 0 amide bonds. The maximum Gasteiger partial charge on any atom is 1.00 e. The van der Waals surface area contributed by atoms with Gasteiger partial charge in [0.15, 0.2) is 0 Å². The monoisotopic (exact) mass is 518 g/mol. The summed E-state index contributed by atoms with van der Waals surface area (Å²) in [6, 6.07) is 0. The minimum atomic E-state index is -5.10. The molecule has 0 N–H and O–H groups in total. The van der Waals surface area contributed by atoms with Gasteiger partial charge in [0, 0.05) is 0 Å². The van der Waals surface area contributed by atoms with Crippen LogP contribution in [0.4, 0.5) is 0 Å². The van der Waals surface area contributed by atoms with Gasteiger partial charge in [-0.15, -0.1) is 0 Å². The van der Waals surface area contributed by atoms with Crippen molar-refractivity contribution >= 4 is 20.2 Å². The van der Waals surface area contributed by atoms with Crippen LogP contribution in [0.15, 0.2) is 0 Å². The second kappa shape index (κ2) is 23.8. The van der Waals surface area contributed by atoms with Crippen LogP contribution in [0, 0.1) is 0 Å². The van der Waals surface area contributed by atoms with Gasteiger partial charge < -0.3 is 9.11 Å². The van der Waals surface area contributed by atoms with E-state index in [1.165, 1.54) is 77.0 Å². The van der Waals surface area contributed by atoms with E-state index >= 15 is 0 Å². The smallest absolute Gasteiger partial charge is 0.747 e. The van der Waals surface area contributed by atoms with Crippen LogP contribution in [0.5, 0.6) is 0 Å². The Labute approximate surface area is 271 Å². The zero-order valence-electron chi connectivity index (χ0n) is 19.6. The Morgan fingerprint density at radius 3 is 0.967 bits per heavy atom. The van der Waals surface area contributed by atoms with Crippen LogP contribution in [0.2, 0.25) is 0 Å². The van der Waals surface area contributed by atoms with E-state index in [1.54, 1.807) is 0 Å². The first-order valence-corrected chi connectivity index (χ1v) is 14.0. The standard InChI is InChI=1S/C20H42O6S2.2K/c1-2-3-4-5-6-7-8-9-10-11-12-13-14-15-16-17-18-19-20(27(21,22)23)28(24,25)26;;/h20H,2-19H2,1H3,(H,21,22,23)(H,24,25,26);;/q;2*+1/p-2. The average molecular weight is 519 g/mol. The minimum absolute atomic E-state index is 0. The second-order valence-electron chi connectivity index (χ2n) is 7.86. The van der Waals surface area contributed by atoms with Crippen LogP contribution < -0.4 is 103 Å². The van der Waals surface area contributed by atoms with Crippen molar-refractivity contribution in [2.75, 3.05) is 0 Å². The fraction of sp³-hybridized carbons (Fsp3) is 1.00. The molecule has 0 aromatic carbocycles. The molecular formula is C20H40K2O6S2. The molecule has 0 aliphatic carbocycles. The van der Waals surface area contributed by atoms with Gasteiger partial charge in [-0.1, -0.05) is 116 Å². The predicted octanol–water partition coefficient (Wildman–Crippen LogP) is -0.547. The third-order valence-corrected chi connectivity index (χ3v) is 8.36. The molecular weight excluding hydrogens is 479 g/mol. The quantitative estimate of drug-likeness (QED) is 0.121. The van der Waals surface area contributed by atoms with Crippen molar-refractivity contribution in [3.8, 4) is 0 Å². The molecule has 30 heavy (non-hydrogen) atoms. The molecule has 0 radical (unpaired) electrons. The Hall–Kier alpha value is 3.09. The first kappa shape index (κ1) is 37.6. The van der Waals surface area contributed by atoms with Gasteiger partial charge in [-0.05, 0) is 6.42 Å². The summed E-state index contributed by atoms with van der Waals surface area (Å²) in [5, 5.41) is 0. The van der Waals surface area contributed by atoms with Crippen molar-refractivity contribution in [3.63, 3.8) is 0 Å². The Morgan fingerprint density at radius 2 is 0.733 bits per heavy atom. The normalized spacial score (nSPS) is 11.9. The van der Waals surface area contributed by atoms with Gasteiger partial charge in [0.1, 0.15) is 24.8 Å². The van der Waals surface area contributed by atoms with Crippen molar-refractivity contribution in [1.82, 2.24) is 0 Å². The molecule has 0 atom stereocenters. The molecule has 0 rings (SSSR count). The van der Waals surface area contributed by atoms with Crippen molar-refractivity contribution in [3.05, 3.63) is 0 Å². The third kappa shape index (κ3) is 24.2. The van der Waals surface area contributed by atoms with Gasteiger partial charge in [-0.25, -0.2) is 16.8 Å². The molecule has 0 unspecified atom stereocenters. The van der Waals surface area contributed by atoms with E-state index in [-0.39, 0.29) is 109 Å². The summed E-state index contributed by atoms with van der Waals surface area (Å²) in [5.41, 5.74) is 0. The van der Waals surface area contributed by atoms with Gasteiger partial charge in [-0.2, -0.15) is 0 Å².